The predicted molar refractivity (Wildman–Crippen MR) is 175 cm³/mol. The van der Waals surface area contributed by atoms with Crippen LogP contribution in [-0.4, -0.2) is 89.9 Å². The van der Waals surface area contributed by atoms with Gasteiger partial charge < -0.3 is 24.4 Å². The van der Waals surface area contributed by atoms with Crippen LogP contribution in [0.2, 0.25) is 0 Å². The Morgan fingerprint density at radius 2 is 1.60 bits per heavy atom. The maximum Gasteiger partial charge on any atom is 0.286 e. The molecule has 3 aromatic rings. The standard InChI is InChI=1S/C35H37N5O7/c1-21(2)30(43)37-33-38-31-35(32(44)39-33,36-20-40(31)29-18-25(42)28(19-41)47-29)34(22-12-6-5-7-13-22,23-14-8-10-16-26(23)45-3)24-15-9-11-17-27(24)46-4/h5-17,20-21,25,28-29,41-42H,18-19H2,1-4H3,(H,37,39,43,44)/t25-,28+,29+,35?/m0/s1. The van der Waals surface area contributed by atoms with E-state index in [0.717, 1.165) is 0 Å². The van der Waals surface area contributed by atoms with Crippen LogP contribution in [0.1, 0.15) is 37.0 Å². The normalized spacial score (nSPS) is 23.8. The van der Waals surface area contributed by atoms with Gasteiger partial charge in [-0.05, 0) is 17.7 Å². The summed E-state index contributed by atoms with van der Waals surface area (Å²) < 4.78 is 18.0. The number of benzene rings is 3. The second-order valence-electron chi connectivity index (χ2n) is 11.8. The SMILES string of the molecule is COc1ccccc1C(c1ccccc1)(c1ccccc1OC)C12N=CN([C@H]3C[C@H](O)[C@@H](CO)O3)C1=NC(NC(=O)C(C)C)=NC2=O. The van der Waals surface area contributed by atoms with Gasteiger partial charge in [0.05, 0.1) is 38.7 Å². The van der Waals surface area contributed by atoms with E-state index < -0.39 is 47.8 Å². The van der Waals surface area contributed by atoms with E-state index in [9.17, 15) is 15.0 Å². The minimum Gasteiger partial charge on any atom is -0.496 e. The average Bonchev–Trinajstić information content (AvgIpc) is 3.67. The summed E-state index contributed by atoms with van der Waals surface area (Å²) >= 11 is 0. The molecule has 0 spiro atoms. The summed E-state index contributed by atoms with van der Waals surface area (Å²) in [6, 6.07) is 24.1. The quantitative estimate of drug-likeness (QED) is 0.302. The van der Waals surface area contributed by atoms with Gasteiger partial charge in [-0.3, -0.25) is 19.8 Å². The molecule has 244 valence electrons. The average molecular weight is 640 g/mol. The molecule has 0 bridgehead atoms. The molecular weight excluding hydrogens is 602 g/mol. The number of aliphatic imine (C=N–C) groups is 3. The van der Waals surface area contributed by atoms with Gasteiger partial charge in [-0.2, -0.15) is 9.98 Å². The fourth-order valence-electron chi connectivity index (χ4n) is 6.69. The maximum atomic E-state index is 15.1. The van der Waals surface area contributed by atoms with Crippen molar-refractivity contribution in [3.8, 4) is 11.5 Å². The van der Waals surface area contributed by atoms with Crippen molar-refractivity contribution in [1.82, 2.24) is 10.2 Å². The van der Waals surface area contributed by atoms with E-state index >= 15 is 4.79 Å². The summed E-state index contributed by atoms with van der Waals surface area (Å²) in [7, 11) is 3.10. The number of amides is 2. The Bertz CT molecular complexity index is 1710. The summed E-state index contributed by atoms with van der Waals surface area (Å²) in [5.74, 6) is -0.669. The van der Waals surface area contributed by atoms with Crippen molar-refractivity contribution in [3.05, 3.63) is 95.6 Å². The van der Waals surface area contributed by atoms with Gasteiger partial charge in [0, 0.05) is 23.5 Å². The molecule has 3 aliphatic heterocycles. The number of fused-ring (bicyclic) bond motifs is 1. The number of ether oxygens (including phenoxy) is 3. The molecule has 3 aromatic carbocycles. The second-order valence-corrected chi connectivity index (χ2v) is 11.8. The first-order chi connectivity index (χ1) is 22.7. The Hall–Kier alpha value is -4.91. The zero-order chi connectivity index (χ0) is 33.3. The number of methoxy groups -OCH3 is 2. The Morgan fingerprint density at radius 3 is 2.15 bits per heavy atom. The Labute approximate surface area is 272 Å². The number of hydrogen-bond donors (Lipinski definition) is 3. The highest BCUT2D eigenvalue weighted by Gasteiger charge is 2.69. The number of aliphatic hydroxyl groups is 2. The molecule has 1 fully saturated rings. The highest BCUT2D eigenvalue weighted by atomic mass is 16.5. The van der Waals surface area contributed by atoms with Gasteiger partial charge in [0.15, 0.2) is 5.84 Å². The summed E-state index contributed by atoms with van der Waals surface area (Å²) in [4.78, 5) is 43.8. The molecule has 1 unspecified atom stereocenters. The van der Waals surface area contributed by atoms with Crippen LogP contribution in [0, 0.1) is 5.92 Å². The molecule has 3 aliphatic rings. The fraction of sp³-hybridized carbons (Fsp3) is 0.343. The molecular formula is C35H37N5O7. The largest absolute Gasteiger partial charge is 0.496 e. The molecule has 1 saturated heterocycles. The number of para-hydroxylation sites is 2. The van der Waals surface area contributed by atoms with E-state index in [-0.39, 0.29) is 24.1 Å². The fourth-order valence-corrected chi connectivity index (χ4v) is 6.69. The van der Waals surface area contributed by atoms with Crippen LogP contribution < -0.4 is 14.8 Å². The van der Waals surface area contributed by atoms with Crippen molar-refractivity contribution >= 4 is 29.9 Å². The van der Waals surface area contributed by atoms with Gasteiger partial charge in [0.25, 0.3) is 5.91 Å². The van der Waals surface area contributed by atoms with E-state index in [1.807, 2.05) is 66.7 Å². The Kier molecular flexibility index (Phi) is 8.66. The highest BCUT2D eigenvalue weighted by Crippen LogP contribution is 2.57. The lowest BCUT2D eigenvalue weighted by Gasteiger charge is -2.48. The van der Waals surface area contributed by atoms with Gasteiger partial charge in [-0.25, -0.2) is 4.99 Å². The first kappa shape index (κ1) is 32.0. The van der Waals surface area contributed by atoms with Crippen molar-refractivity contribution in [3.63, 3.8) is 0 Å². The summed E-state index contributed by atoms with van der Waals surface area (Å²) in [6.07, 6.45) is -1.15. The summed E-state index contributed by atoms with van der Waals surface area (Å²) in [5.41, 5.74) is -1.69. The molecule has 12 nitrogen and oxygen atoms in total. The summed E-state index contributed by atoms with van der Waals surface area (Å²) in [5, 5.41) is 23.3. The zero-order valence-electron chi connectivity index (χ0n) is 26.5. The smallest absolute Gasteiger partial charge is 0.286 e. The highest BCUT2D eigenvalue weighted by molar-refractivity contribution is 6.28. The van der Waals surface area contributed by atoms with Gasteiger partial charge in [0.1, 0.15) is 23.8 Å². The predicted octanol–water partition coefficient (Wildman–Crippen LogP) is 2.66. The van der Waals surface area contributed by atoms with Crippen LogP contribution in [0.4, 0.5) is 0 Å². The molecule has 3 heterocycles. The third-order valence-corrected chi connectivity index (χ3v) is 8.90. The van der Waals surface area contributed by atoms with Gasteiger partial charge in [-0.15, -0.1) is 0 Å². The molecule has 0 aromatic heterocycles. The lowest BCUT2D eigenvalue weighted by atomic mass is 9.56. The van der Waals surface area contributed by atoms with Crippen LogP contribution in [-0.2, 0) is 19.7 Å². The van der Waals surface area contributed by atoms with E-state index in [1.54, 1.807) is 45.1 Å². The first-order valence-corrected chi connectivity index (χ1v) is 15.4. The van der Waals surface area contributed by atoms with Crippen molar-refractivity contribution < 1.29 is 34.0 Å². The zero-order valence-corrected chi connectivity index (χ0v) is 26.5. The van der Waals surface area contributed by atoms with E-state index in [2.05, 4.69) is 10.3 Å². The third kappa shape index (κ3) is 5.00. The van der Waals surface area contributed by atoms with Gasteiger partial charge >= 0.3 is 0 Å². The van der Waals surface area contributed by atoms with Crippen molar-refractivity contribution in [2.75, 3.05) is 20.8 Å². The Morgan fingerprint density at radius 1 is 1.00 bits per heavy atom. The number of nitrogens with zero attached hydrogens (tertiary/aromatic N) is 4. The molecule has 47 heavy (non-hydrogen) atoms. The minimum absolute atomic E-state index is 0.0903. The van der Waals surface area contributed by atoms with Crippen LogP contribution >= 0.6 is 0 Å². The molecule has 12 heteroatoms. The summed E-state index contributed by atoms with van der Waals surface area (Å²) in [6.45, 7) is 3.03. The van der Waals surface area contributed by atoms with Crippen molar-refractivity contribution in [2.45, 2.75) is 49.7 Å². The van der Waals surface area contributed by atoms with Crippen LogP contribution in [0.3, 0.4) is 0 Å². The number of hydrogen-bond acceptors (Lipinski definition) is 10. The molecule has 0 radical (unpaired) electrons. The van der Waals surface area contributed by atoms with Crippen LogP contribution in [0.5, 0.6) is 11.5 Å². The lowest BCUT2D eigenvalue weighted by Crippen LogP contribution is -2.65. The maximum absolute atomic E-state index is 15.1. The number of rotatable bonds is 9. The number of carbonyl (C=O) groups is 2. The van der Waals surface area contributed by atoms with Crippen LogP contribution in [0.15, 0.2) is 93.8 Å². The minimum atomic E-state index is -1.95. The lowest BCUT2D eigenvalue weighted by molar-refractivity contribution is -0.122. The molecule has 6 rings (SSSR count). The van der Waals surface area contributed by atoms with E-state index in [0.29, 0.717) is 28.2 Å². The topological polar surface area (TPSA) is 155 Å². The number of carbonyl (C=O) groups excluding carboxylic acids is 2. The molecule has 2 amide bonds. The van der Waals surface area contributed by atoms with Crippen molar-refractivity contribution in [2.24, 2.45) is 20.9 Å². The van der Waals surface area contributed by atoms with E-state index in [4.69, 9.17) is 24.2 Å². The third-order valence-electron chi connectivity index (χ3n) is 8.90. The molecule has 0 saturated carbocycles. The van der Waals surface area contributed by atoms with Crippen molar-refractivity contribution in [1.29, 1.82) is 0 Å². The molecule has 3 N–H and O–H groups in total. The van der Waals surface area contributed by atoms with E-state index in [1.165, 1.54) is 6.34 Å². The number of nitrogens with one attached hydrogen (secondary N) is 1. The molecule has 4 atom stereocenters. The molecule has 0 aliphatic carbocycles. The number of amidine groups is 1. The second kappa shape index (κ2) is 12.7. The van der Waals surface area contributed by atoms with Gasteiger partial charge in [0.2, 0.25) is 17.4 Å². The monoisotopic (exact) mass is 639 g/mol. The van der Waals surface area contributed by atoms with Gasteiger partial charge in [-0.1, -0.05) is 80.6 Å². The Balaban J connectivity index is 1.72. The van der Waals surface area contributed by atoms with Crippen LogP contribution in [0.25, 0.3) is 0 Å². The first-order valence-electron chi connectivity index (χ1n) is 15.4. The number of aliphatic hydroxyl groups excluding tert-OH is 2. The number of guanidine groups is 1.